The Balaban J connectivity index is -0.0000000782. The highest BCUT2D eigenvalue weighted by Crippen LogP contribution is 2.19. The molecular formula is C32H68O. The van der Waals surface area contributed by atoms with Crippen molar-refractivity contribution in [2.75, 3.05) is 0 Å². The highest BCUT2D eigenvalue weighted by molar-refractivity contribution is 5.37. The van der Waals surface area contributed by atoms with Gasteiger partial charge in [-0.3, -0.25) is 0 Å². The van der Waals surface area contributed by atoms with E-state index in [-0.39, 0.29) is 6.10 Å². The Morgan fingerprint density at radius 3 is 1.18 bits per heavy atom. The Morgan fingerprint density at radius 1 is 0.667 bits per heavy atom. The molecule has 0 radical (unpaired) electrons. The smallest absolute Gasteiger partial charge is 0.115 e. The van der Waals surface area contributed by atoms with Gasteiger partial charge in [-0.25, -0.2) is 0 Å². The first-order chi connectivity index (χ1) is 15.5. The molecule has 0 aliphatic heterocycles. The predicted molar refractivity (Wildman–Crippen MR) is 161 cm³/mol. The van der Waals surface area contributed by atoms with Gasteiger partial charge in [0.05, 0.1) is 6.10 Å². The zero-order valence-corrected chi connectivity index (χ0v) is 26.4. The van der Waals surface area contributed by atoms with Crippen LogP contribution in [0.1, 0.15) is 149 Å². The van der Waals surface area contributed by atoms with E-state index < -0.39 is 0 Å². The maximum Gasteiger partial charge on any atom is 0.115 e. The van der Waals surface area contributed by atoms with Gasteiger partial charge in [0.1, 0.15) is 5.76 Å². The summed E-state index contributed by atoms with van der Waals surface area (Å²) in [6, 6.07) is 0. The summed E-state index contributed by atoms with van der Waals surface area (Å²) in [7, 11) is 0. The summed E-state index contributed by atoms with van der Waals surface area (Å²) in [5.74, 6) is 1.73. The van der Waals surface area contributed by atoms with Crippen molar-refractivity contribution in [1.82, 2.24) is 0 Å². The van der Waals surface area contributed by atoms with Crippen LogP contribution in [0.25, 0.3) is 0 Å². The van der Waals surface area contributed by atoms with E-state index in [1.54, 1.807) is 0 Å². The van der Waals surface area contributed by atoms with Crippen LogP contribution >= 0.6 is 0 Å². The number of allylic oxidation sites excluding steroid dienone is 4. The van der Waals surface area contributed by atoms with E-state index in [0.29, 0.717) is 0 Å². The van der Waals surface area contributed by atoms with Crippen molar-refractivity contribution < 1.29 is 4.74 Å². The molecule has 1 heteroatoms. The third-order valence-electron chi connectivity index (χ3n) is 4.69. The van der Waals surface area contributed by atoms with Crippen LogP contribution in [0.5, 0.6) is 0 Å². The number of rotatable bonds is 10. The predicted octanol–water partition coefficient (Wildman–Crippen LogP) is 12.5. The van der Waals surface area contributed by atoms with E-state index in [1.807, 2.05) is 76.2 Å². The molecule has 0 aromatic rings. The monoisotopic (exact) mass is 469 g/mol. The first-order valence-electron chi connectivity index (χ1n) is 13.8. The second-order valence-corrected chi connectivity index (χ2v) is 7.77. The standard InChI is InChI=1S/C12H20O.C7H14.C7H16.3C2H6/c1-8(2)10(5)11(6)12(7)13-9(3)4;1-4-5-6-7(2)3;1-4-7(5-2)6-3;3*1-2/h9H,1,7H2,2-6H3;2,4-6H2,1,3H3;7H,4-6H2,1-3H3;3*1-2H3/b11-10-;;;;;. The fraction of sp³-hybridized carbons (Fsp3) is 0.750. The lowest BCUT2D eigenvalue weighted by molar-refractivity contribution is 0.155. The van der Waals surface area contributed by atoms with Crippen molar-refractivity contribution in [2.45, 2.75) is 155 Å². The van der Waals surface area contributed by atoms with Gasteiger partial charge in [-0.1, -0.05) is 119 Å². The maximum atomic E-state index is 5.49. The van der Waals surface area contributed by atoms with Crippen LogP contribution < -0.4 is 0 Å². The Hall–Kier alpha value is -1.24. The summed E-state index contributed by atoms with van der Waals surface area (Å²) >= 11 is 0. The molecule has 0 amide bonds. The van der Waals surface area contributed by atoms with Crippen LogP contribution in [0.3, 0.4) is 0 Å². The van der Waals surface area contributed by atoms with Crippen molar-refractivity contribution in [3.05, 3.63) is 47.8 Å². The molecule has 0 aromatic heterocycles. The van der Waals surface area contributed by atoms with Gasteiger partial charge >= 0.3 is 0 Å². The first-order valence-corrected chi connectivity index (χ1v) is 13.8. The average molecular weight is 469 g/mol. The second-order valence-electron chi connectivity index (χ2n) is 7.77. The van der Waals surface area contributed by atoms with Crippen molar-refractivity contribution in [1.29, 1.82) is 0 Å². The van der Waals surface area contributed by atoms with Gasteiger partial charge in [0, 0.05) is 0 Å². The van der Waals surface area contributed by atoms with Gasteiger partial charge in [-0.2, -0.15) is 0 Å². The van der Waals surface area contributed by atoms with E-state index in [2.05, 4.69) is 54.4 Å². The minimum Gasteiger partial charge on any atom is -0.491 e. The number of ether oxygens (including phenoxy) is 1. The van der Waals surface area contributed by atoms with Crippen molar-refractivity contribution in [3.8, 4) is 0 Å². The molecule has 0 saturated heterocycles. The SMILES string of the molecule is C=C(C)/C(C)=C(/C)C(=C)OC(C)C.C=C(C)CCCC.CC.CC.CC.CCC(CC)CC. The lowest BCUT2D eigenvalue weighted by Crippen LogP contribution is -2.03. The molecule has 0 N–H and O–H groups in total. The van der Waals surface area contributed by atoms with Crippen LogP contribution in [-0.2, 0) is 4.74 Å². The summed E-state index contributed by atoms with van der Waals surface area (Å²) < 4.78 is 5.49. The van der Waals surface area contributed by atoms with Gasteiger partial charge in [0.2, 0.25) is 0 Å². The zero-order valence-electron chi connectivity index (χ0n) is 26.4. The molecule has 0 fully saturated rings. The minimum atomic E-state index is 0.181. The largest absolute Gasteiger partial charge is 0.491 e. The molecule has 0 spiro atoms. The van der Waals surface area contributed by atoms with Gasteiger partial charge in [-0.15, -0.1) is 6.58 Å². The van der Waals surface area contributed by atoms with Crippen LogP contribution in [-0.4, -0.2) is 6.10 Å². The topological polar surface area (TPSA) is 9.23 Å². The Labute approximate surface area is 213 Å². The normalized spacial score (nSPS) is 9.52. The van der Waals surface area contributed by atoms with Crippen LogP contribution in [0.15, 0.2) is 47.8 Å². The fourth-order valence-electron chi connectivity index (χ4n) is 2.25. The molecule has 0 atom stereocenters. The van der Waals surface area contributed by atoms with Crippen LogP contribution in [0, 0.1) is 5.92 Å². The molecule has 0 rings (SSSR count). The second kappa shape index (κ2) is 38.0. The molecule has 1 nitrogen and oxygen atoms in total. The summed E-state index contributed by atoms with van der Waals surface area (Å²) in [6.07, 6.45) is 8.03. The highest BCUT2D eigenvalue weighted by Gasteiger charge is 2.04. The zero-order chi connectivity index (χ0) is 28.0. The van der Waals surface area contributed by atoms with E-state index >= 15 is 0 Å². The minimum absolute atomic E-state index is 0.181. The van der Waals surface area contributed by atoms with Crippen LogP contribution in [0.2, 0.25) is 0 Å². The van der Waals surface area contributed by atoms with E-state index in [9.17, 15) is 0 Å². The van der Waals surface area contributed by atoms with Crippen molar-refractivity contribution in [3.63, 3.8) is 0 Å². The lowest BCUT2D eigenvalue weighted by atomic mass is 10.0. The van der Waals surface area contributed by atoms with Crippen molar-refractivity contribution >= 4 is 0 Å². The molecule has 0 bridgehead atoms. The Morgan fingerprint density at radius 2 is 1.03 bits per heavy atom. The molecule has 0 aromatic carbocycles. The van der Waals surface area contributed by atoms with Gasteiger partial charge in [0.15, 0.2) is 0 Å². The number of hydrogen-bond donors (Lipinski definition) is 0. The maximum absolute atomic E-state index is 5.49. The van der Waals surface area contributed by atoms with E-state index in [4.69, 9.17) is 4.74 Å². The van der Waals surface area contributed by atoms with Gasteiger partial charge in [-0.05, 0) is 71.4 Å². The average Bonchev–Trinajstić information content (AvgIpc) is 2.82. The Kier molecular flexibility index (Phi) is 52.2. The summed E-state index contributed by atoms with van der Waals surface area (Å²) in [4.78, 5) is 0. The third kappa shape index (κ3) is 41.5. The molecule has 202 valence electrons. The number of unbranched alkanes of at least 4 members (excludes halogenated alkanes) is 1. The third-order valence-corrected chi connectivity index (χ3v) is 4.69. The van der Waals surface area contributed by atoms with E-state index in [0.717, 1.165) is 28.4 Å². The van der Waals surface area contributed by atoms with Crippen LogP contribution in [0.4, 0.5) is 0 Å². The fourth-order valence-corrected chi connectivity index (χ4v) is 2.25. The molecule has 0 aliphatic carbocycles. The first kappa shape index (κ1) is 45.3. The molecule has 0 heterocycles. The van der Waals surface area contributed by atoms with E-state index in [1.165, 1.54) is 44.1 Å². The quantitative estimate of drug-likeness (QED) is 0.176. The summed E-state index contributed by atoms with van der Waals surface area (Å²) in [5.41, 5.74) is 4.61. The molecule has 0 unspecified atom stereocenters. The highest BCUT2D eigenvalue weighted by atomic mass is 16.5. The summed E-state index contributed by atoms with van der Waals surface area (Å²) in [5, 5.41) is 0. The Bertz CT molecular complexity index is 428. The van der Waals surface area contributed by atoms with Gasteiger partial charge in [0.25, 0.3) is 0 Å². The molecular weight excluding hydrogens is 400 g/mol. The lowest BCUT2D eigenvalue weighted by Gasteiger charge is -2.15. The molecule has 0 saturated carbocycles. The van der Waals surface area contributed by atoms with Crippen molar-refractivity contribution in [2.24, 2.45) is 5.92 Å². The van der Waals surface area contributed by atoms with Gasteiger partial charge < -0.3 is 4.74 Å². The summed E-state index contributed by atoms with van der Waals surface area (Å²) in [6.45, 7) is 44.6. The molecule has 33 heavy (non-hydrogen) atoms. The molecule has 0 aliphatic rings. The number of hydrogen-bond acceptors (Lipinski definition) is 1.